The molecule has 1 aliphatic carbocycles. The fourth-order valence-electron chi connectivity index (χ4n) is 3.71. The fraction of sp³-hybridized carbons (Fsp3) is 0.0833. The van der Waals surface area contributed by atoms with Gasteiger partial charge in [0.05, 0.1) is 10.5 Å². The molecule has 0 radical (unpaired) electrons. The van der Waals surface area contributed by atoms with E-state index in [1.54, 1.807) is 25.1 Å². The molecule has 3 aromatic rings. The zero-order chi connectivity index (χ0) is 24.6. The summed E-state index contributed by atoms with van der Waals surface area (Å²) in [5, 5.41) is 7.59. The van der Waals surface area contributed by atoms with Crippen LogP contribution in [0.5, 0.6) is 0 Å². The summed E-state index contributed by atoms with van der Waals surface area (Å²) in [5.74, 6) is -2.57. The molecule has 9 nitrogen and oxygen atoms in total. The van der Waals surface area contributed by atoms with Crippen molar-refractivity contribution in [2.75, 3.05) is 11.9 Å². The summed E-state index contributed by atoms with van der Waals surface area (Å²) in [6, 6.07) is 14.7. The van der Waals surface area contributed by atoms with Crippen LogP contribution in [-0.2, 0) is 19.6 Å². The first-order valence-corrected chi connectivity index (χ1v) is 11.5. The van der Waals surface area contributed by atoms with Crippen LogP contribution in [0.25, 0.3) is 0 Å². The average molecular weight is 478 g/mol. The number of sulfonamides is 1. The van der Waals surface area contributed by atoms with Crippen LogP contribution in [0.2, 0.25) is 0 Å². The number of anilines is 1. The van der Waals surface area contributed by atoms with Gasteiger partial charge in [-0.25, -0.2) is 18.4 Å². The Labute approximate surface area is 194 Å². The molecule has 172 valence electrons. The van der Waals surface area contributed by atoms with E-state index in [1.807, 2.05) is 0 Å². The van der Waals surface area contributed by atoms with Gasteiger partial charge >= 0.3 is 5.97 Å². The van der Waals surface area contributed by atoms with E-state index in [0.717, 1.165) is 0 Å². The number of primary sulfonamides is 1. The molecule has 0 spiro atoms. The van der Waals surface area contributed by atoms with Crippen LogP contribution < -0.4 is 10.5 Å². The number of nitrogens with two attached hydrogens (primary N) is 1. The highest BCUT2D eigenvalue weighted by Gasteiger charge is 2.33. The van der Waals surface area contributed by atoms with Crippen molar-refractivity contribution >= 4 is 39.2 Å². The van der Waals surface area contributed by atoms with Crippen molar-refractivity contribution in [1.82, 2.24) is 0 Å². The maximum absolute atomic E-state index is 13.0. The Balaban J connectivity index is 1.51. The number of ketones is 2. The first-order chi connectivity index (χ1) is 16.1. The van der Waals surface area contributed by atoms with Crippen molar-refractivity contribution in [3.8, 4) is 0 Å². The third-order valence-electron chi connectivity index (χ3n) is 5.29. The number of benzene rings is 3. The van der Waals surface area contributed by atoms with Crippen LogP contribution in [0.3, 0.4) is 0 Å². The van der Waals surface area contributed by atoms with E-state index in [9.17, 15) is 27.6 Å². The van der Waals surface area contributed by atoms with Crippen LogP contribution in [0.4, 0.5) is 5.69 Å². The maximum atomic E-state index is 13.0. The number of esters is 1. The number of carbonyl (C=O) groups excluding carboxylic acids is 4. The number of amides is 1. The van der Waals surface area contributed by atoms with Gasteiger partial charge in [-0.2, -0.15) is 0 Å². The normalized spacial score (nSPS) is 12.5. The Bertz CT molecular complexity index is 1490. The second kappa shape index (κ2) is 8.65. The molecule has 1 aliphatic rings. The topological polar surface area (TPSA) is 150 Å². The van der Waals surface area contributed by atoms with E-state index >= 15 is 0 Å². The number of nitrogens with one attached hydrogen (secondary N) is 1. The molecule has 4 rings (SSSR count). The van der Waals surface area contributed by atoms with Crippen molar-refractivity contribution in [2.24, 2.45) is 5.14 Å². The highest BCUT2D eigenvalue weighted by molar-refractivity contribution is 7.89. The average Bonchev–Trinajstić information content (AvgIpc) is 2.81. The summed E-state index contributed by atoms with van der Waals surface area (Å²) in [5.41, 5.74) is 0.854. The van der Waals surface area contributed by atoms with E-state index in [4.69, 9.17) is 9.88 Å². The quantitative estimate of drug-likeness (QED) is 0.418. The number of hydrogen-bond acceptors (Lipinski definition) is 7. The monoisotopic (exact) mass is 478 g/mol. The fourth-order valence-corrected chi connectivity index (χ4v) is 4.51. The molecule has 0 unspecified atom stereocenters. The van der Waals surface area contributed by atoms with Gasteiger partial charge in [-0.05, 0) is 30.7 Å². The van der Waals surface area contributed by atoms with E-state index in [1.165, 1.54) is 42.5 Å². The lowest BCUT2D eigenvalue weighted by molar-refractivity contribution is -0.119. The predicted octanol–water partition coefficient (Wildman–Crippen LogP) is 2.21. The van der Waals surface area contributed by atoms with Crippen LogP contribution in [-0.4, -0.2) is 38.5 Å². The van der Waals surface area contributed by atoms with Gasteiger partial charge in [0.15, 0.2) is 18.2 Å². The van der Waals surface area contributed by atoms with E-state index < -0.39 is 34.3 Å². The first-order valence-electron chi connectivity index (χ1n) is 10.00. The van der Waals surface area contributed by atoms with Crippen LogP contribution >= 0.6 is 0 Å². The highest BCUT2D eigenvalue weighted by atomic mass is 32.2. The molecular weight excluding hydrogens is 460 g/mol. The van der Waals surface area contributed by atoms with Crippen molar-refractivity contribution < 1.29 is 32.3 Å². The lowest BCUT2D eigenvalue weighted by Gasteiger charge is -2.19. The van der Waals surface area contributed by atoms with Gasteiger partial charge in [0.25, 0.3) is 5.91 Å². The summed E-state index contributed by atoms with van der Waals surface area (Å²) in [6.45, 7) is 0.845. The smallest absolute Gasteiger partial charge is 0.339 e. The van der Waals surface area contributed by atoms with Gasteiger partial charge in [0, 0.05) is 27.9 Å². The van der Waals surface area contributed by atoms with Crippen LogP contribution in [0.1, 0.15) is 47.8 Å². The predicted molar refractivity (Wildman–Crippen MR) is 121 cm³/mol. The Morgan fingerprint density at radius 2 is 1.56 bits per heavy atom. The molecule has 3 aromatic carbocycles. The zero-order valence-corrected chi connectivity index (χ0v) is 18.6. The van der Waals surface area contributed by atoms with Crippen molar-refractivity contribution in [3.05, 3.63) is 94.0 Å². The number of ether oxygens (including phenoxy) is 1. The molecule has 0 aromatic heterocycles. The van der Waals surface area contributed by atoms with Gasteiger partial charge in [-0.3, -0.25) is 14.4 Å². The minimum absolute atomic E-state index is 0.0760. The molecule has 10 heteroatoms. The lowest BCUT2D eigenvalue weighted by atomic mass is 9.82. The largest absolute Gasteiger partial charge is 0.452 e. The van der Waals surface area contributed by atoms with Crippen molar-refractivity contribution in [2.45, 2.75) is 11.8 Å². The molecule has 1 amide bonds. The van der Waals surface area contributed by atoms with Gasteiger partial charge in [0.1, 0.15) is 0 Å². The molecule has 3 N–H and O–H groups in total. The summed E-state index contributed by atoms with van der Waals surface area (Å²) in [4.78, 5) is 50.6. The van der Waals surface area contributed by atoms with Gasteiger partial charge < -0.3 is 10.1 Å². The Morgan fingerprint density at radius 1 is 0.912 bits per heavy atom. The number of hydrogen-bond donors (Lipinski definition) is 2. The molecule has 34 heavy (non-hydrogen) atoms. The molecule has 0 saturated heterocycles. The molecular formula is C24H18N2O7S. The summed E-state index contributed by atoms with van der Waals surface area (Å²) < 4.78 is 28.4. The van der Waals surface area contributed by atoms with Crippen molar-refractivity contribution in [1.29, 1.82) is 0 Å². The second-order valence-corrected chi connectivity index (χ2v) is 9.11. The highest BCUT2D eigenvalue weighted by Crippen LogP contribution is 2.29. The SMILES string of the molecule is Cc1ccc(NC(=O)COC(=O)c2cccc3c2C(=O)c2ccccc2C3=O)cc1S(N)(=O)=O. The van der Waals surface area contributed by atoms with E-state index in [-0.39, 0.29) is 44.2 Å². The standard InChI is InChI=1S/C24H18N2O7S/c1-13-9-10-14(11-19(13)34(25,31)32)26-20(27)12-33-24(30)18-8-4-7-17-21(18)23(29)16-6-3-2-5-15(16)22(17)28/h2-11H,12H2,1H3,(H,26,27)(H2,25,31,32). The first kappa shape index (κ1) is 23.0. The Morgan fingerprint density at radius 3 is 2.24 bits per heavy atom. The van der Waals surface area contributed by atoms with E-state index in [0.29, 0.717) is 5.56 Å². The van der Waals surface area contributed by atoms with Gasteiger partial charge in [0.2, 0.25) is 10.0 Å². The summed E-state index contributed by atoms with van der Waals surface area (Å²) >= 11 is 0. The molecule has 0 atom stereocenters. The number of carbonyl (C=O) groups is 4. The summed E-state index contributed by atoms with van der Waals surface area (Å²) in [7, 11) is -3.99. The van der Waals surface area contributed by atoms with Gasteiger partial charge in [-0.1, -0.05) is 42.5 Å². The van der Waals surface area contributed by atoms with E-state index in [2.05, 4.69) is 5.32 Å². The lowest BCUT2D eigenvalue weighted by Crippen LogP contribution is -2.26. The van der Waals surface area contributed by atoms with Crippen LogP contribution in [0, 0.1) is 6.92 Å². The Hall–Kier alpha value is -4.15. The zero-order valence-electron chi connectivity index (χ0n) is 17.8. The van der Waals surface area contributed by atoms with Crippen LogP contribution in [0.15, 0.2) is 65.6 Å². The van der Waals surface area contributed by atoms with Crippen molar-refractivity contribution in [3.63, 3.8) is 0 Å². The number of fused-ring (bicyclic) bond motifs is 2. The number of rotatable bonds is 5. The third-order valence-corrected chi connectivity index (χ3v) is 6.34. The minimum atomic E-state index is -3.99. The molecule has 0 aliphatic heterocycles. The molecule has 0 heterocycles. The third kappa shape index (κ3) is 4.24. The second-order valence-electron chi connectivity index (χ2n) is 7.58. The van der Waals surface area contributed by atoms with Gasteiger partial charge in [-0.15, -0.1) is 0 Å². The molecule has 0 fully saturated rings. The molecule has 0 saturated carbocycles. The Kier molecular flexibility index (Phi) is 5.86. The number of aryl methyl sites for hydroxylation is 1. The molecule has 0 bridgehead atoms. The maximum Gasteiger partial charge on any atom is 0.339 e. The minimum Gasteiger partial charge on any atom is -0.452 e. The summed E-state index contributed by atoms with van der Waals surface area (Å²) in [6.07, 6.45) is 0.